The molecule has 196 valence electrons. The summed E-state index contributed by atoms with van der Waals surface area (Å²) in [5.41, 5.74) is 1.86. The summed E-state index contributed by atoms with van der Waals surface area (Å²) in [6, 6.07) is 11.5. The van der Waals surface area contributed by atoms with Crippen molar-refractivity contribution in [2.45, 2.75) is 33.0 Å². The van der Waals surface area contributed by atoms with Crippen LogP contribution in [0.15, 0.2) is 53.1 Å². The van der Waals surface area contributed by atoms with Crippen LogP contribution >= 0.6 is 0 Å². The lowest BCUT2D eigenvalue weighted by Crippen LogP contribution is -2.28. The Kier molecular flexibility index (Phi) is 8.03. The normalized spacial score (nSPS) is 12.6. The molecule has 9 heteroatoms. The molecule has 1 aliphatic rings. The molecule has 2 amide bonds. The third-order valence-corrected chi connectivity index (χ3v) is 6.57. The fourth-order valence-electron chi connectivity index (χ4n) is 4.29. The third kappa shape index (κ3) is 6.06. The van der Waals surface area contributed by atoms with Gasteiger partial charge in [0.1, 0.15) is 23.0 Å². The second-order valence-corrected chi connectivity index (χ2v) is 9.32. The van der Waals surface area contributed by atoms with Crippen LogP contribution in [0.1, 0.15) is 50.9 Å². The molecule has 0 unspecified atom stereocenters. The first-order valence-corrected chi connectivity index (χ1v) is 12.3. The minimum atomic E-state index is -0.500. The van der Waals surface area contributed by atoms with Crippen LogP contribution in [0.3, 0.4) is 0 Å². The van der Waals surface area contributed by atoms with Crippen LogP contribution < -0.4 is 4.74 Å². The number of phenols is 2. The van der Waals surface area contributed by atoms with Crippen LogP contribution in [0.25, 0.3) is 0 Å². The highest BCUT2D eigenvalue weighted by atomic mass is 16.5. The van der Waals surface area contributed by atoms with Crippen molar-refractivity contribution < 1.29 is 29.0 Å². The van der Waals surface area contributed by atoms with E-state index in [0.29, 0.717) is 25.5 Å². The molecule has 9 nitrogen and oxygen atoms in total. The maximum Gasteiger partial charge on any atom is 0.258 e. The molecule has 0 bridgehead atoms. The van der Waals surface area contributed by atoms with Gasteiger partial charge in [-0.15, -0.1) is 0 Å². The average molecular weight is 508 g/mol. The monoisotopic (exact) mass is 507 g/mol. The maximum absolute atomic E-state index is 13.3. The van der Waals surface area contributed by atoms with Gasteiger partial charge in [0.25, 0.3) is 11.8 Å². The number of carbonyl (C=O) groups is 2. The second kappa shape index (κ2) is 11.4. The number of ether oxygens (including phenoxy) is 1. The predicted octanol–water partition coefficient (Wildman–Crippen LogP) is 3.84. The quantitative estimate of drug-likeness (QED) is 0.402. The van der Waals surface area contributed by atoms with Crippen LogP contribution in [-0.2, 0) is 19.6 Å². The predicted molar refractivity (Wildman–Crippen MR) is 138 cm³/mol. The molecule has 0 radical (unpaired) electrons. The molecule has 3 aromatic rings. The molecular weight excluding hydrogens is 474 g/mol. The smallest absolute Gasteiger partial charge is 0.258 e. The number of carbonyl (C=O) groups excluding carboxylic acids is 2. The summed E-state index contributed by atoms with van der Waals surface area (Å²) in [5, 5.41) is 20.8. The molecule has 2 aromatic carbocycles. The zero-order valence-electron chi connectivity index (χ0n) is 21.4. The van der Waals surface area contributed by atoms with Crippen LogP contribution in [0.4, 0.5) is 0 Å². The number of nitrogens with zero attached hydrogens (tertiary/aromatic N) is 3. The molecular formula is C28H33N3O6. The number of hydrogen-bond acceptors (Lipinski definition) is 7. The Morgan fingerprint density at radius 2 is 1.78 bits per heavy atom. The Labute approximate surface area is 216 Å². The zero-order chi connectivity index (χ0) is 26.5. The first-order chi connectivity index (χ1) is 17.8. The molecule has 0 saturated carbocycles. The van der Waals surface area contributed by atoms with Gasteiger partial charge in [0, 0.05) is 32.7 Å². The van der Waals surface area contributed by atoms with Crippen molar-refractivity contribution in [1.82, 2.24) is 14.7 Å². The van der Waals surface area contributed by atoms with E-state index in [4.69, 9.17) is 9.15 Å². The molecule has 37 heavy (non-hydrogen) atoms. The molecule has 0 aliphatic carbocycles. The summed E-state index contributed by atoms with van der Waals surface area (Å²) < 4.78 is 11.2. The fraction of sp³-hybridized carbons (Fsp3) is 0.357. The largest absolute Gasteiger partial charge is 0.507 e. The van der Waals surface area contributed by atoms with Gasteiger partial charge < -0.3 is 34.1 Å². The van der Waals surface area contributed by atoms with Crippen molar-refractivity contribution in [3.05, 3.63) is 76.7 Å². The van der Waals surface area contributed by atoms with E-state index in [0.717, 1.165) is 42.5 Å². The lowest BCUT2D eigenvalue weighted by atomic mass is 10.1. The van der Waals surface area contributed by atoms with Crippen LogP contribution in [0.5, 0.6) is 17.2 Å². The summed E-state index contributed by atoms with van der Waals surface area (Å²) in [5.74, 6) is -0.378. The van der Waals surface area contributed by atoms with Crippen molar-refractivity contribution in [3.8, 4) is 17.2 Å². The molecule has 2 heterocycles. The number of amides is 2. The lowest BCUT2D eigenvalue weighted by Gasteiger charge is -2.19. The standard InChI is InChI=1S/C28H33N3O6/c1-4-29(2)10-6-12-36-21-9-8-19-16-31(17-20(19)13-21)28(35)24-14-23(25(32)15-26(24)33)27(34)30(3)18-22-7-5-11-37-22/h5,7-9,11,13-15,32-33H,4,6,10,12,16-18H2,1-3H3. The second-order valence-electron chi connectivity index (χ2n) is 9.32. The van der Waals surface area contributed by atoms with Gasteiger partial charge in [0.05, 0.1) is 30.5 Å². The summed E-state index contributed by atoms with van der Waals surface area (Å²) in [6.45, 7) is 5.60. The van der Waals surface area contributed by atoms with Crippen LogP contribution in [0.2, 0.25) is 0 Å². The van der Waals surface area contributed by atoms with Gasteiger partial charge in [-0.3, -0.25) is 9.59 Å². The van der Waals surface area contributed by atoms with E-state index >= 15 is 0 Å². The van der Waals surface area contributed by atoms with Crippen molar-refractivity contribution in [1.29, 1.82) is 0 Å². The van der Waals surface area contributed by atoms with E-state index in [1.807, 2.05) is 18.2 Å². The van der Waals surface area contributed by atoms with E-state index < -0.39 is 17.6 Å². The Morgan fingerprint density at radius 3 is 2.51 bits per heavy atom. The molecule has 2 N–H and O–H groups in total. The fourth-order valence-corrected chi connectivity index (χ4v) is 4.29. The van der Waals surface area contributed by atoms with E-state index in [2.05, 4.69) is 18.9 Å². The van der Waals surface area contributed by atoms with Gasteiger partial charge in [-0.05, 0) is 61.5 Å². The van der Waals surface area contributed by atoms with Gasteiger partial charge in [0.2, 0.25) is 0 Å². The Bertz CT molecular complexity index is 1260. The minimum absolute atomic E-state index is 0.0446. The van der Waals surface area contributed by atoms with E-state index in [9.17, 15) is 19.8 Å². The molecule has 0 atom stereocenters. The van der Waals surface area contributed by atoms with Crippen LogP contribution in [0, 0.1) is 0 Å². The van der Waals surface area contributed by atoms with Crippen molar-refractivity contribution in [2.24, 2.45) is 0 Å². The van der Waals surface area contributed by atoms with Gasteiger partial charge in [0.15, 0.2) is 0 Å². The molecule has 0 fully saturated rings. The topological polar surface area (TPSA) is 107 Å². The number of rotatable bonds is 10. The molecule has 1 aliphatic heterocycles. The highest BCUT2D eigenvalue weighted by Crippen LogP contribution is 2.33. The average Bonchev–Trinajstić information content (AvgIpc) is 3.55. The van der Waals surface area contributed by atoms with Gasteiger partial charge in [-0.1, -0.05) is 13.0 Å². The first-order valence-electron chi connectivity index (χ1n) is 12.3. The third-order valence-electron chi connectivity index (χ3n) is 6.57. The highest BCUT2D eigenvalue weighted by Gasteiger charge is 2.29. The molecule has 4 rings (SSSR count). The lowest BCUT2D eigenvalue weighted by molar-refractivity contribution is 0.0748. The first kappa shape index (κ1) is 26.1. The number of benzene rings is 2. The van der Waals surface area contributed by atoms with E-state index in [-0.39, 0.29) is 23.4 Å². The Morgan fingerprint density at radius 1 is 1.03 bits per heavy atom. The van der Waals surface area contributed by atoms with Gasteiger partial charge >= 0.3 is 0 Å². The number of phenolic OH excluding ortho intramolecular Hbond substituents is 2. The summed E-state index contributed by atoms with van der Waals surface area (Å²) in [7, 11) is 3.64. The van der Waals surface area contributed by atoms with E-state index in [1.165, 1.54) is 17.2 Å². The van der Waals surface area contributed by atoms with Crippen LogP contribution in [-0.4, -0.2) is 70.5 Å². The van der Waals surface area contributed by atoms with Crippen molar-refractivity contribution in [3.63, 3.8) is 0 Å². The number of fused-ring (bicyclic) bond motifs is 1. The van der Waals surface area contributed by atoms with Gasteiger partial charge in [-0.25, -0.2) is 0 Å². The minimum Gasteiger partial charge on any atom is -0.507 e. The number of aromatic hydroxyl groups is 2. The van der Waals surface area contributed by atoms with Crippen molar-refractivity contribution >= 4 is 11.8 Å². The number of furan rings is 1. The molecule has 1 aromatic heterocycles. The molecule has 0 saturated heterocycles. The summed E-state index contributed by atoms with van der Waals surface area (Å²) >= 11 is 0. The van der Waals surface area contributed by atoms with Crippen molar-refractivity contribution in [2.75, 3.05) is 33.8 Å². The van der Waals surface area contributed by atoms with Gasteiger partial charge in [-0.2, -0.15) is 0 Å². The molecule has 0 spiro atoms. The zero-order valence-corrected chi connectivity index (χ0v) is 21.4. The number of hydrogen-bond donors (Lipinski definition) is 2. The Balaban J connectivity index is 1.44. The highest BCUT2D eigenvalue weighted by molar-refractivity contribution is 6.03. The summed E-state index contributed by atoms with van der Waals surface area (Å²) in [6.07, 6.45) is 2.43. The summed E-state index contributed by atoms with van der Waals surface area (Å²) in [4.78, 5) is 31.5. The SMILES string of the molecule is CCN(C)CCCOc1ccc2c(c1)CN(C(=O)c1cc(C(=O)N(C)Cc3ccco3)c(O)cc1O)C2. The van der Waals surface area contributed by atoms with E-state index in [1.54, 1.807) is 24.1 Å². The Hall–Kier alpha value is -3.98. The maximum atomic E-state index is 13.3.